The molecule has 5 nitrogen and oxygen atoms in total. The van der Waals surface area contributed by atoms with E-state index in [2.05, 4.69) is 5.32 Å². The molecule has 3 rings (SSSR count). The van der Waals surface area contributed by atoms with Crippen molar-refractivity contribution >= 4 is 17.5 Å². The molecule has 1 aliphatic heterocycles. The van der Waals surface area contributed by atoms with Gasteiger partial charge in [-0.25, -0.2) is 8.78 Å². The number of anilines is 1. The second-order valence-corrected chi connectivity index (χ2v) is 5.23. The summed E-state index contributed by atoms with van der Waals surface area (Å²) < 4.78 is 32.1. The molecule has 24 heavy (non-hydrogen) atoms. The Morgan fingerprint density at radius 2 is 1.92 bits per heavy atom. The summed E-state index contributed by atoms with van der Waals surface area (Å²) in [5.74, 6) is -2.69. The molecule has 2 amide bonds. The van der Waals surface area contributed by atoms with Crippen LogP contribution in [0.5, 0.6) is 5.75 Å². The summed E-state index contributed by atoms with van der Waals surface area (Å²) in [5, 5.41) is 2.47. The van der Waals surface area contributed by atoms with E-state index in [0.717, 1.165) is 12.1 Å². The van der Waals surface area contributed by atoms with Gasteiger partial charge in [0.2, 0.25) is 0 Å². The number of benzene rings is 2. The van der Waals surface area contributed by atoms with Crippen LogP contribution >= 0.6 is 0 Å². The van der Waals surface area contributed by atoms with Crippen molar-refractivity contribution in [3.63, 3.8) is 0 Å². The summed E-state index contributed by atoms with van der Waals surface area (Å²) in [7, 11) is 1.47. The van der Waals surface area contributed by atoms with Gasteiger partial charge in [-0.3, -0.25) is 9.59 Å². The average Bonchev–Trinajstić information content (AvgIpc) is 2.61. The first-order valence-electron chi connectivity index (χ1n) is 7.25. The van der Waals surface area contributed by atoms with E-state index in [1.165, 1.54) is 18.0 Å². The molecule has 0 radical (unpaired) electrons. The number of rotatable bonds is 2. The van der Waals surface area contributed by atoms with E-state index in [0.29, 0.717) is 11.4 Å². The van der Waals surface area contributed by atoms with Crippen molar-refractivity contribution in [3.8, 4) is 5.75 Å². The number of carbonyl (C=O) groups is 2. The summed E-state index contributed by atoms with van der Waals surface area (Å²) in [6, 6.07) is 9.66. The van der Waals surface area contributed by atoms with Crippen LogP contribution in [0.1, 0.15) is 10.4 Å². The third-order valence-electron chi connectivity index (χ3n) is 3.72. The van der Waals surface area contributed by atoms with Gasteiger partial charge in [-0.2, -0.15) is 0 Å². The number of halogens is 2. The van der Waals surface area contributed by atoms with E-state index in [9.17, 15) is 18.4 Å². The van der Waals surface area contributed by atoms with E-state index in [1.807, 2.05) is 0 Å². The molecule has 1 unspecified atom stereocenters. The molecule has 0 bridgehead atoms. The topological polar surface area (TPSA) is 58.6 Å². The molecule has 0 saturated heterocycles. The highest BCUT2D eigenvalue weighted by atomic mass is 19.2. The van der Waals surface area contributed by atoms with Gasteiger partial charge in [-0.05, 0) is 30.3 Å². The van der Waals surface area contributed by atoms with Gasteiger partial charge in [-0.15, -0.1) is 0 Å². The third-order valence-corrected chi connectivity index (χ3v) is 3.72. The lowest BCUT2D eigenvalue weighted by atomic mass is 10.1. The highest BCUT2D eigenvalue weighted by Crippen LogP contribution is 2.34. The fraction of sp³-hybridized carbons (Fsp3) is 0.176. The molecule has 2 aromatic rings. The number of ether oxygens (including phenoxy) is 1. The molecule has 0 aliphatic carbocycles. The highest BCUT2D eigenvalue weighted by molar-refractivity contribution is 6.07. The number of para-hydroxylation sites is 2. The number of hydrogen-bond acceptors (Lipinski definition) is 3. The monoisotopic (exact) mass is 332 g/mol. The van der Waals surface area contributed by atoms with E-state index < -0.39 is 23.6 Å². The Morgan fingerprint density at radius 1 is 1.17 bits per heavy atom. The summed E-state index contributed by atoms with van der Waals surface area (Å²) in [6.45, 7) is -0.0332. The zero-order valence-corrected chi connectivity index (χ0v) is 12.8. The fourth-order valence-electron chi connectivity index (χ4n) is 2.51. The zero-order valence-electron chi connectivity index (χ0n) is 12.8. The van der Waals surface area contributed by atoms with Crippen molar-refractivity contribution in [1.82, 2.24) is 5.32 Å². The van der Waals surface area contributed by atoms with Crippen molar-refractivity contribution < 1.29 is 23.1 Å². The first-order chi connectivity index (χ1) is 11.5. The molecule has 1 heterocycles. The molecule has 0 saturated carbocycles. The van der Waals surface area contributed by atoms with E-state index in [1.54, 1.807) is 24.3 Å². The molecular weight excluding hydrogens is 318 g/mol. The Kier molecular flexibility index (Phi) is 4.16. The van der Waals surface area contributed by atoms with Gasteiger partial charge in [0.05, 0.1) is 12.2 Å². The smallest absolute Gasteiger partial charge is 0.262 e. The van der Waals surface area contributed by atoms with E-state index >= 15 is 0 Å². The maximum Gasteiger partial charge on any atom is 0.262 e. The number of amides is 2. The molecule has 1 N–H and O–H groups in total. The predicted molar refractivity (Wildman–Crippen MR) is 83.0 cm³/mol. The van der Waals surface area contributed by atoms with Crippen LogP contribution in [0.25, 0.3) is 0 Å². The van der Waals surface area contributed by atoms with Gasteiger partial charge in [-0.1, -0.05) is 12.1 Å². The number of nitrogens with zero attached hydrogens (tertiary/aromatic N) is 1. The van der Waals surface area contributed by atoms with E-state index in [4.69, 9.17) is 4.74 Å². The Balaban J connectivity index is 1.99. The van der Waals surface area contributed by atoms with Crippen molar-refractivity contribution in [1.29, 1.82) is 0 Å². The van der Waals surface area contributed by atoms with Gasteiger partial charge in [0.1, 0.15) is 5.75 Å². The van der Waals surface area contributed by atoms with Gasteiger partial charge < -0.3 is 15.0 Å². The third kappa shape index (κ3) is 2.80. The number of likely N-dealkylation sites (N-methyl/N-ethyl adjacent to an activating group) is 1. The minimum atomic E-state index is -1.11. The standard InChI is InChI=1S/C17H14F2N2O3/c1-20-16(22)15-9-21(13-4-2-3-5-14(13)24-15)17(23)10-6-7-11(18)12(19)8-10/h2-8,15H,9H2,1H3,(H,20,22). The minimum Gasteiger partial charge on any atom is -0.477 e. The number of hydrogen-bond donors (Lipinski definition) is 1. The highest BCUT2D eigenvalue weighted by Gasteiger charge is 2.33. The number of fused-ring (bicyclic) bond motifs is 1. The first-order valence-corrected chi connectivity index (χ1v) is 7.25. The van der Waals surface area contributed by atoms with Crippen LogP contribution in [0, 0.1) is 11.6 Å². The molecule has 7 heteroatoms. The van der Waals surface area contributed by atoms with Crippen molar-refractivity contribution in [3.05, 3.63) is 59.7 Å². The SMILES string of the molecule is CNC(=O)C1CN(C(=O)c2ccc(F)c(F)c2)c2ccccc2O1. The molecule has 124 valence electrons. The van der Waals surface area contributed by atoms with Crippen LogP contribution < -0.4 is 15.0 Å². The Bertz CT molecular complexity index is 810. The quantitative estimate of drug-likeness (QED) is 0.916. The molecule has 0 aromatic heterocycles. The predicted octanol–water partition coefficient (Wildman–Crippen LogP) is 2.12. The Morgan fingerprint density at radius 3 is 2.62 bits per heavy atom. The first kappa shape index (κ1) is 15.9. The largest absolute Gasteiger partial charge is 0.477 e. The average molecular weight is 332 g/mol. The van der Waals surface area contributed by atoms with Crippen LogP contribution in [0.4, 0.5) is 14.5 Å². The van der Waals surface area contributed by atoms with Gasteiger partial charge in [0, 0.05) is 12.6 Å². The number of carbonyl (C=O) groups excluding carboxylic acids is 2. The minimum absolute atomic E-state index is 0.0127. The van der Waals surface area contributed by atoms with Crippen LogP contribution in [-0.4, -0.2) is 31.5 Å². The lowest BCUT2D eigenvalue weighted by molar-refractivity contribution is -0.127. The van der Waals surface area contributed by atoms with Crippen molar-refractivity contribution in [2.75, 3.05) is 18.5 Å². The molecule has 1 atom stereocenters. The van der Waals surface area contributed by atoms with Gasteiger partial charge in [0.25, 0.3) is 11.8 Å². The summed E-state index contributed by atoms with van der Waals surface area (Å²) >= 11 is 0. The molecule has 0 spiro atoms. The maximum atomic E-state index is 13.4. The second kappa shape index (κ2) is 6.27. The van der Waals surface area contributed by atoms with Crippen molar-refractivity contribution in [2.24, 2.45) is 0 Å². The molecular formula is C17H14F2N2O3. The summed E-state index contributed by atoms with van der Waals surface area (Å²) in [5.41, 5.74) is 0.452. The molecule has 2 aromatic carbocycles. The summed E-state index contributed by atoms with van der Waals surface area (Å²) in [6.07, 6.45) is -0.890. The lowest BCUT2D eigenvalue weighted by Gasteiger charge is -2.34. The van der Waals surface area contributed by atoms with Crippen molar-refractivity contribution in [2.45, 2.75) is 6.10 Å². The van der Waals surface area contributed by atoms with Crippen LogP contribution in [-0.2, 0) is 4.79 Å². The van der Waals surface area contributed by atoms with Crippen LogP contribution in [0.3, 0.4) is 0 Å². The fourth-order valence-corrected chi connectivity index (χ4v) is 2.51. The molecule has 1 aliphatic rings. The van der Waals surface area contributed by atoms with Gasteiger partial charge in [0.15, 0.2) is 17.7 Å². The maximum absolute atomic E-state index is 13.4. The van der Waals surface area contributed by atoms with E-state index in [-0.39, 0.29) is 18.0 Å². The lowest BCUT2D eigenvalue weighted by Crippen LogP contribution is -2.50. The zero-order chi connectivity index (χ0) is 17.3. The summed E-state index contributed by atoms with van der Waals surface area (Å²) in [4.78, 5) is 26.0. The Hall–Kier alpha value is -2.96. The Labute approximate surface area is 136 Å². The van der Waals surface area contributed by atoms with Crippen LogP contribution in [0.15, 0.2) is 42.5 Å². The normalized spacial score (nSPS) is 16.1. The molecule has 0 fully saturated rings. The second-order valence-electron chi connectivity index (χ2n) is 5.23. The van der Waals surface area contributed by atoms with Crippen LogP contribution in [0.2, 0.25) is 0 Å². The van der Waals surface area contributed by atoms with Gasteiger partial charge >= 0.3 is 0 Å². The number of nitrogens with one attached hydrogen (secondary N) is 1.